The van der Waals surface area contributed by atoms with Crippen molar-refractivity contribution in [2.45, 2.75) is 57.0 Å². The maximum absolute atomic E-state index is 10.6. The summed E-state index contributed by atoms with van der Waals surface area (Å²) < 4.78 is 101. The van der Waals surface area contributed by atoms with Crippen molar-refractivity contribution in [1.82, 2.24) is 14.8 Å². The fourth-order valence-electron chi connectivity index (χ4n) is 3.76. The van der Waals surface area contributed by atoms with Gasteiger partial charge in [0.2, 0.25) is 0 Å². The van der Waals surface area contributed by atoms with Gasteiger partial charge < -0.3 is 25.0 Å². The van der Waals surface area contributed by atoms with Crippen molar-refractivity contribution in [3.05, 3.63) is 29.6 Å². The van der Waals surface area contributed by atoms with Gasteiger partial charge in [0.05, 0.1) is 11.8 Å². The van der Waals surface area contributed by atoms with Crippen LogP contribution in [0.25, 0.3) is 0 Å². The Labute approximate surface area is 233 Å². The van der Waals surface area contributed by atoms with Gasteiger partial charge in [0.1, 0.15) is 0 Å². The summed E-state index contributed by atoms with van der Waals surface area (Å²) in [5.74, 6) is -7.60. The molecule has 0 aliphatic carbocycles. The number of ether oxygens (including phenoxy) is 1. The highest BCUT2D eigenvalue weighted by molar-refractivity contribution is 5.73. The highest BCUT2D eigenvalue weighted by Crippen LogP contribution is 2.31. The first-order chi connectivity index (χ1) is 19.0. The number of hydrogen-bond acceptors (Lipinski definition) is 7. The van der Waals surface area contributed by atoms with Crippen molar-refractivity contribution in [3.8, 4) is 0 Å². The zero-order valence-electron chi connectivity index (χ0n) is 22.4. The number of carbonyl (C=O) groups is 3. The van der Waals surface area contributed by atoms with E-state index in [2.05, 4.69) is 54.0 Å². The van der Waals surface area contributed by atoms with Gasteiger partial charge in [-0.1, -0.05) is 6.07 Å². The lowest BCUT2D eigenvalue weighted by Crippen LogP contribution is -2.59. The predicted octanol–water partition coefficient (Wildman–Crippen LogP) is 3.83. The first-order valence-electron chi connectivity index (χ1n) is 11.8. The van der Waals surface area contributed by atoms with E-state index in [0.717, 1.165) is 31.9 Å². The molecule has 0 spiro atoms. The third-order valence-electron chi connectivity index (χ3n) is 5.53. The highest BCUT2D eigenvalue weighted by Gasteiger charge is 2.41. The molecule has 3 N–H and O–H groups in total. The van der Waals surface area contributed by atoms with Gasteiger partial charge in [0.25, 0.3) is 0 Å². The van der Waals surface area contributed by atoms with Crippen molar-refractivity contribution in [2.75, 3.05) is 33.8 Å². The molecule has 0 unspecified atom stereocenters. The predicted molar refractivity (Wildman–Crippen MR) is 125 cm³/mol. The van der Waals surface area contributed by atoms with Crippen LogP contribution in [0.1, 0.15) is 24.2 Å². The minimum absolute atomic E-state index is 0.412. The van der Waals surface area contributed by atoms with Crippen molar-refractivity contribution < 1.29 is 74.0 Å². The summed E-state index contributed by atoms with van der Waals surface area (Å²) in [6.45, 7) is 6.17. The summed E-state index contributed by atoms with van der Waals surface area (Å²) in [6, 6.07) is 6.81. The Morgan fingerprint density at radius 3 is 1.74 bits per heavy atom. The van der Waals surface area contributed by atoms with Gasteiger partial charge in [0.15, 0.2) is 0 Å². The Bertz CT molecular complexity index is 961. The van der Waals surface area contributed by atoms with E-state index in [0.29, 0.717) is 18.1 Å². The second kappa shape index (κ2) is 16.4. The van der Waals surface area contributed by atoms with Crippen LogP contribution in [0.4, 0.5) is 39.5 Å². The second-order valence-corrected chi connectivity index (χ2v) is 9.14. The van der Waals surface area contributed by atoms with Crippen molar-refractivity contribution >= 4 is 17.9 Å². The number of aromatic nitrogens is 1. The molecule has 242 valence electrons. The SMILES string of the molecule is Cc1cccc(CN2C[C@@H]3CCCO[C@@H]3[C@H](N(C)C)C2)n1.O=C(O)C(F)(F)F.O=C(O)C(F)(F)F.O=C(O)C(F)(F)F. The van der Waals surface area contributed by atoms with Crippen LogP contribution in [-0.4, -0.2) is 112 Å². The number of carboxylic acids is 3. The maximum atomic E-state index is 10.6. The molecule has 3 atom stereocenters. The van der Waals surface area contributed by atoms with E-state index in [9.17, 15) is 39.5 Å². The zero-order chi connectivity index (χ0) is 33.1. The molecule has 2 aliphatic heterocycles. The molecule has 3 heterocycles. The van der Waals surface area contributed by atoms with Crippen LogP contribution in [0.2, 0.25) is 0 Å². The number of alkyl halides is 9. The third-order valence-corrected chi connectivity index (χ3v) is 5.53. The van der Waals surface area contributed by atoms with Gasteiger partial charge in [-0.3, -0.25) is 9.88 Å². The Hall–Kier alpha value is -3.19. The summed E-state index contributed by atoms with van der Waals surface area (Å²) in [4.78, 5) is 36.2. The highest BCUT2D eigenvalue weighted by atomic mass is 19.4. The molecule has 2 fully saturated rings. The van der Waals surface area contributed by atoms with Crippen LogP contribution >= 0.6 is 0 Å². The lowest BCUT2D eigenvalue weighted by Gasteiger charge is -2.48. The molecule has 1 aromatic rings. The summed E-state index contributed by atoms with van der Waals surface area (Å²) >= 11 is 0. The molecule has 2 aliphatic rings. The minimum Gasteiger partial charge on any atom is -0.475 e. The molecular weight excluding hydrogens is 601 g/mol. The molecule has 0 saturated carbocycles. The number of hydrogen-bond donors (Lipinski definition) is 3. The summed E-state index contributed by atoms with van der Waals surface area (Å²) in [7, 11) is 4.35. The number of rotatable bonds is 3. The van der Waals surface area contributed by atoms with Gasteiger partial charge in [-0.05, 0) is 51.9 Å². The molecule has 0 radical (unpaired) electrons. The molecular formula is C23H30F9N3O7. The topological polar surface area (TPSA) is 140 Å². The number of carboxylic acid groups (broad SMARTS) is 3. The van der Waals surface area contributed by atoms with Gasteiger partial charge in [-0.2, -0.15) is 39.5 Å². The van der Waals surface area contributed by atoms with Gasteiger partial charge in [-0.15, -0.1) is 0 Å². The maximum Gasteiger partial charge on any atom is 0.490 e. The van der Waals surface area contributed by atoms with Crippen molar-refractivity contribution in [1.29, 1.82) is 0 Å². The van der Waals surface area contributed by atoms with Crippen LogP contribution in [-0.2, 0) is 25.7 Å². The van der Waals surface area contributed by atoms with Crippen LogP contribution in [0.3, 0.4) is 0 Å². The normalized spacial score (nSPS) is 20.8. The van der Waals surface area contributed by atoms with Crippen molar-refractivity contribution in [3.63, 3.8) is 0 Å². The number of piperidine rings is 1. The quantitative estimate of drug-likeness (QED) is 0.422. The van der Waals surface area contributed by atoms with E-state index in [1.807, 2.05) is 0 Å². The average Bonchev–Trinajstić information content (AvgIpc) is 2.83. The molecule has 10 nitrogen and oxygen atoms in total. The Balaban J connectivity index is 0.000000660. The van der Waals surface area contributed by atoms with E-state index >= 15 is 0 Å². The molecule has 0 bridgehead atoms. The van der Waals surface area contributed by atoms with Crippen LogP contribution in [0.5, 0.6) is 0 Å². The standard InChI is InChI=1S/C17H27N3O.3C2HF3O2/c1-13-6-4-8-15(18-13)11-20-10-14-7-5-9-21-17(14)16(12-20)19(2)3;3*3-2(4,5)1(6)7/h4,6,8,14,16-17H,5,7,9-12H2,1-3H3;3*(H,6,7)/t14-,16+,17-;;;/m0.../s1. The Kier molecular flexibility index (Phi) is 15.2. The monoisotopic (exact) mass is 631 g/mol. The van der Waals surface area contributed by atoms with E-state index in [4.69, 9.17) is 34.4 Å². The third kappa shape index (κ3) is 15.2. The zero-order valence-corrected chi connectivity index (χ0v) is 22.4. The number of pyridine rings is 1. The molecule has 3 rings (SSSR count). The summed E-state index contributed by atoms with van der Waals surface area (Å²) in [6.07, 6.45) is -12.3. The smallest absolute Gasteiger partial charge is 0.475 e. The van der Waals surface area contributed by atoms with Gasteiger partial charge in [0, 0.05) is 38.0 Å². The lowest BCUT2D eigenvalue weighted by molar-refractivity contribution is -0.193. The van der Waals surface area contributed by atoms with Gasteiger partial charge in [-0.25, -0.2) is 14.4 Å². The number of fused-ring (bicyclic) bond motifs is 1. The van der Waals surface area contributed by atoms with E-state index in [1.165, 1.54) is 18.5 Å². The minimum atomic E-state index is -5.08. The first kappa shape index (κ1) is 38.8. The number of likely N-dealkylation sites (tertiary alicyclic amines) is 1. The fourth-order valence-corrected chi connectivity index (χ4v) is 3.76. The van der Waals surface area contributed by atoms with Gasteiger partial charge >= 0.3 is 36.4 Å². The largest absolute Gasteiger partial charge is 0.490 e. The van der Waals surface area contributed by atoms with E-state index < -0.39 is 36.4 Å². The number of aryl methyl sites for hydroxylation is 1. The molecule has 0 aromatic carbocycles. The molecule has 0 amide bonds. The number of halogens is 9. The van der Waals surface area contributed by atoms with Crippen LogP contribution in [0, 0.1) is 12.8 Å². The Morgan fingerprint density at radius 2 is 1.36 bits per heavy atom. The fraction of sp³-hybridized carbons (Fsp3) is 0.652. The van der Waals surface area contributed by atoms with E-state index in [-0.39, 0.29) is 0 Å². The average molecular weight is 631 g/mol. The van der Waals surface area contributed by atoms with Crippen LogP contribution < -0.4 is 0 Å². The molecule has 42 heavy (non-hydrogen) atoms. The van der Waals surface area contributed by atoms with E-state index in [1.54, 1.807) is 0 Å². The van der Waals surface area contributed by atoms with Crippen molar-refractivity contribution in [2.24, 2.45) is 5.92 Å². The molecule has 19 heteroatoms. The first-order valence-corrected chi connectivity index (χ1v) is 11.8. The molecule has 1 aromatic heterocycles. The summed E-state index contributed by atoms with van der Waals surface area (Å²) in [5.41, 5.74) is 2.29. The number of nitrogens with zero attached hydrogens (tertiary/aromatic N) is 3. The summed E-state index contributed by atoms with van der Waals surface area (Å²) in [5, 5.41) is 21.4. The molecule has 2 saturated heterocycles. The lowest BCUT2D eigenvalue weighted by atomic mass is 9.85. The Morgan fingerprint density at radius 1 is 0.905 bits per heavy atom. The van der Waals surface area contributed by atoms with Crippen LogP contribution in [0.15, 0.2) is 18.2 Å². The number of likely N-dealkylation sites (N-methyl/N-ethyl adjacent to an activating group) is 1. The number of aliphatic carboxylic acids is 3. The second-order valence-electron chi connectivity index (χ2n) is 9.14.